The first-order valence-corrected chi connectivity index (χ1v) is 10.8. The van der Waals surface area contributed by atoms with Crippen LogP contribution in [-0.4, -0.2) is 33.5 Å². The molecule has 0 saturated carbocycles. The Balaban J connectivity index is 1.62. The van der Waals surface area contributed by atoms with Gasteiger partial charge in [-0.15, -0.1) is 10.2 Å². The number of hydrogen-bond donors (Lipinski definition) is 1. The molecule has 7 nitrogen and oxygen atoms in total. The molecule has 0 aliphatic rings. The number of anilines is 1. The summed E-state index contributed by atoms with van der Waals surface area (Å²) >= 11 is 7.19. The molecule has 3 aromatic rings. The molecule has 0 fully saturated rings. The van der Waals surface area contributed by atoms with Gasteiger partial charge < -0.3 is 19.4 Å². The Morgan fingerprint density at radius 2 is 1.93 bits per heavy atom. The van der Waals surface area contributed by atoms with E-state index in [1.165, 1.54) is 11.8 Å². The highest BCUT2D eigenvalue weighted by Crippen LogP contribution is 2.27. The Kier molecular flexibility index (Phi) is 7.59. The Hall–Kier alpha value is -2.71. The van der Waals surface area contributed by atoms with E-state index in [1.54, 1.807) is 31.4 Å². The van der Waals surface area contributed by atoms with E-state index in [0.29, 0.717) is 34.0 Å². The molecule has 0 bridgehead atoms. The largest absolute Gasteiger partial charge is 0.497 e. The monoisotopic (exact) mass is 446 g/mol. The van der Waals surface area contributed by atoms with Crippen LogP contribution < -0.4 is 14.8 Å². The van der Waals surface area contributed by atoms with Crippen LogP contribution in [0.2, 0.25) is 5.02 Å². The summed E-state index contributed by atoms with van der Waals surface area (Å²) in [6.07, 6.45) is -0.318. The molecule has 1 amide bonds. The van der Waals surface area contributed by atoms with Crippen LogP contribution >= 0.6 is 23.4 Å². The molecule has 0 radical (unpaired) electrons. The summed E-state index contributed by atoms with van der Waals surface area (Å²) in [5, 5.41) is 12.7. The first-order chi connectivity index (χ1) is 14.5. The average molecular weight is 447 g/mol. The van der Waals surface area contributed by atoms with E-state index in [0.717, 1.165) is 5.75 Å². The minimum Gasteiger partial charge on any atom is -0.497 e. The summed E-state index contributed by atoms with van der Waals surface area (Å²) in [6, 6.07) is 14.4. The third-order valence-electron chi connectivity index (χ3n) is 4.24. The second-order valence-corrected chi connectivity index (χ2v) is 7.75. The number of methoxy groups -OCH3 is 1. The van der Waals surface area contributed by atoms with Gasteiger partial charge in [-0.05, 0) is 50.2 Å². The molecule has 9 heteroatoms. The van der Waals surface area contributed by atoms with Gasteiger partial charge in [0.1, 0.15) is 11.5 Å². The van der Waals surface area contributed by atoms with Crippen molar-refractivity contribution in [3.8, 4) is 11.5 Å². The fraction of sp³-hybridized carbons (Fsp3) is 0.286. The van der Waals surface area contributed by atoms with E-state index in [4.69, 9.17) is 21.1 Å². The molecule has 0 saturated heterocycles. The van der Waals surface area contributed by atoms with Crippen LogP contribution in [0.3, 0.4) is 0 Å². The van der Waals surface area contributed by atoms with Crippen LogP contribution in [0.5, 0.6) is 11.5 Å². The number of carbonyl (C=O) groups excluding carboxylic acids is 1. The highest BCUT2D eigenvalue weighted by molar-refractivity contribution is 7.99. The molecule has 0 aliphatic heterocycles. The molecule has 0 spiro atoms. The number of nitrogens with zero attached hydrogens (tertiary/aromatic N) is 3. The van der Waals surface area contributed by atoms with E-state index in [1.807, 2.05) is 42.7 Å². The maximum atomic E-state index is 12.3. The molecular formula is C21H23ClN4O3S. The van der Waals surface area contributed by atoms with Gasteiger partial charge in [-0.25, -0.2) is 0 Å². The Morgan fingerprint density at radius 3 is 2.63 bits per heavy atom. The summed E-state index contributed by atoms with van der Waals surface area (Å²) in [7, 11) is 1.61. The van der Waals surface area contributed by atoms with Crippen molar-refractivity contribution in [1.82, 2.24) is 14.8 Å². The zero-order valence-corrected chi connectivity index (χ0v) is 18.5. The van der Waals surface area contributed by atoms with Gasteiger partial charge in [0.15, 0.2) is 17.1 Å². The van der Waals surface area contributed by atoms with Crippen LogP contribution in [-0.2, 0) is 11.3 Å². The lowest BCUT2D eigenvalue weighted by molar-refractivity contribution is -0.113. The SMILES string of the molecule is CCn1c(SCC(=O)Nc2ccc(Cl)cc2)nnc1C(C)Oc1cccc(OC)c1. The van der Waals surface area contributed by atoms with Gasteiger partial charge in [0.2, 0.25) is 5.91 Å². The smallest absolute Gasteiger partial charge is 0.234 e. The molecular weight excluding hydrogens is 424 g/mol. The third kappa shape index (κ3) is 5.67. The van der Waals surface area contributed by atoms with Gasteiger partial charge in [0.05, 0.1) is 12.9 Å². The van der Waals surface area contributed by atoms with Gasteiger partial charge in [-0.1, -0.05) is 29.4 Å². The highest BCUT2D eigenvalue weighted by Gasteiger charge is 2.19. The molecule has 1 aromatic heterocycles. The standard InChI is InChI=1S/C21H23ClN4O3S/c1-4-26-20(14(2)29-18-7-5-6-17(12-18)28-3)24-25-21(26)30-13-19(27)23-16-10-8-15(22)9-11-16/h5-12,14H,4,13H2,1-3H3,(H,23,27). The van der Waals surface area contributed by atoms with Gasteiger partial charge in [-0.2, -0.15) is 0 Å². The van der Waals surface area contributed by atoms with Crippen LogP contribution in [0.4, 0.5) is 5.69 Å². The topological polar surface area (TPSA) is 78.3 Å². The third-order valence-corrected chi connectivity index (χ3v) is 5.46. The Morgan fingerprint density at radius 1 is 1.20 bits per heavy atom. The lowest BCUT2D eigenvalue weighted by atomic mass is 10.3. The van der Waals surface area contributed by atoms with E-state index in [2.05, 4.69) is 15.5 Å². The van der Waals surface area contributed by atoms with E-state index in [9.17, 15) is 4.79 Å². The van der Waals surface area contributed by atoms with Crippen molar-refractivity contribution >= 4 is 35.0 Å². The van der Waals surface area contributed by atoms with Crippen LogP contribution in [0.25, 0.3) is 0 Å². The minimum absolute atomic E-state index is 0.129. The summed E-state index contributed by atoms with van der Waals surface area (Å²) in [4.78, 5) is 12.3. The number of hydrogen-bond acceptors (Lipinski definition) is 6. The average Bonchev–Trinajstić information content (AvgIpc) is 3.17. The number of halogens is 1. The summed E-state index contributed by atoms with van der Waals surface area (Å²) in [5.74, 6) is 2.19. The summed E-state index contributed by atoms with van der Waals surface area (Å²) in [5.41, 5.74) is 0.697. The molecule has 2 aromatic carbocycles. The molecule has 1 heterocycles. The molecule has 0 aliphatic carbocycles. The zero-order chi connectivity index (χ0) is 21.5. The second kappa shape index (κ2) is 10.4. The van der Waals surface area contributed by atoms with E-state index >= 15 is 0 Å². The molecule has 1 atom stereocenters. The molecule has 158 valence electrons. The van der Waals surface area contributed by atoms with Gasteiger partial charge in [0, 0.05) is 23.3 Å². The van der Waals surface area contributed by atoms with Crippen LogP contribution in [0, 0.1) is 0 Å². The van der Waals surface area contributed by atoms with Crippen molar-refractivity contribution in [2.24, 2.45) is 0 Å². The maximum Gasteiger partial charge on any atom is 0.234 e. The number of carbonyl (C=O) groups is 1. The lowest BCUT2D eigenvalue weighted by Crippen LogP contribution is -2.15. The van der Waals surface area contributed by atoms with Crippen molar-refractivity contribution in [1.29, 1.82) is 0 Å². The fourth-order valence-corrected chi connectivity index (χ4v) is 3.73. The molecule has 3 rings (SSSR count). The van der Waals surface area contributed by atoms with Crippen molar-refractivity contribution in [3.05, 3.63) is 59.4 Å². The first kappa shape index (κ1) is 22.0. The normalized spacial score (nSPS) is 11.7. The minimum atomic E-state index is -0.318. The van der Waals surface area contributed by atoms with Gasteiger partial charge >= 0.3 is 0 Å². The second-order valence-electron chi connectivity index (χ2n) is 6.37. The first-order valence-electron chi connectivity index (χ1n) is 9.42. The number of nitrogens with one attached hydrogen (secondary N) is 1. The van der Waals surface area contributed by atoms with E-state index in [-0.39, 0.29) is 17.8 Å². The summed E-state index contributed by atoms with van der Waals surface area (Å²) in [6.45, 7) is 4.58. The predicted molar refractivity (Wildman–Crippen MR) is 119 cm³/mol. The Labute approximate surface area is 184 Å². The van der Waals surface area contributed by atoms with Crippen molar-refractivity contribution in [2.45, 2.75) is 31.7 Å². The Bertz CT molecular complexity index is 994. The van der Waals surface area contributed by atoms with Crippen molar-refractivity contribution in [2.75, 3.05) is 18.2 Å². The number of ether oxygens (including phenoxy) is 2. The zero-order valence-electron chi connectivity index (χ0n) is 17.0. The quantitative estimate of drug-likeness (QED) is 0.474. The van der Waals surface area contributed by atoms with Gasteiger partial charge in [0.25, 0.3) is 0 Å². The number of amides is 1. The predicted octanol–water partition coefficient (Wildman–Crippen LogP) is 4.83. The number of benzene rings is 2. The maximum absolute atomic E-state index is 12.3. The van der Waals surface area contributed by atoms with Crippen LogP contribution in [0.1, 0.15) is 25.8 Å². The van der Waals surface area contributed by atoms with Crippen molar-refractivity contribution in [3.63, 3.8) is 0 Å². The lowest BCUT2D eigenvalue weighted by Gasteiger charge is -2.16. The molecule has 30 heavy (non-hydrogen) atoms. The van der Waals surface area contributed by atoms with Gasteiger partial charge in [-0.3, -0.25) is 4.79 Å². The molecule has 1 N–H and O–H groups in total. The van der Waals surface area contributed by atoms with E-state index < -0.39 is 0 Å². The number of rotatable bonds is 9. The fourth-order valence-electron chi connectivity index (χ4n) is 2.80. The summed E-state index contributed by atoms with van der Waals surface area (Å²) < 4.78 is 13.2. The molecule has 1 unspecified atom stereocenters. The van der Waals surface area contributed by atoms with Crippen molar-refractivity contribution < 1.29 is 14.3 Å². The van der Waals surface area contributed by atoms with Crippen LogP contribution in [0.15, 0.2) is 53.7 Å². The highest BCUT2D eigenvalue weighted by atomic mass is 35.5. The number of thioether (sulfide) groups is 1. The number of aromatic nitrogens is 3.